The maximum absolute atomic E-state index is 2.53. The Hall–Kier alpha value is -0.0400. The highest BCUT2D eigenvalue weighted by Gasteiger charge is 2.26. The maximum Gasteiger partial charge on any atom is 0.00923 e. The molecule has 1 aliphatic heterocycles. The van der Waals surface area contributed by atoms with Gasteiger partial charge in [0, 0.05) is 6.04 Å². The molecule has 0 amide bonds. The SMILES string of the molecule is CC[C@H]1C[C@H](C(C)C)CCN1C. The fourth-order valence-electron chi connectivity index (χ4n) is 2.28. The lowest BCUT2D eigenvalue weighted by atomic mass is 9.82. The molecule has 12 heavy (non-hydrogen) atoms. The molecule has 0 aromatic rings. The summed E-state index contributed by atoms with van der Waals surface area (Å²) in [5.74, 6) is 1.86. The van der Waals surface area contributed by atoms with Crippen molar-refractivity contribution in [1.82, 2.24) is 4.90 Å². The van der Waals surface area contributed by atoms with E-state index in [1.54, 1.807) is 0 Å². The van der Waals surface area contributed by atoms with Gasteiger partial charge in [-0.1, -0.05) is 20.8 Å². The van der Waals surface area contributed by atoms with E-state index < -0.39 is 0 Å². The zero-order valence-electron chi connectivity index (χ0n) is 9.01. The van der Waals surface area contributed by atoms with Crippen molar-refractivity contribution in [3.05, 3.63) is 0 Å². The first-order valence-electron chi connectivity index (χ1n) is 5.35. The molecule has 2 atom stereocenters. The van der Waals surface area contributed by atoms with E-state index in [4.69, 9.17) is 0 Å². The minimum absolute atomic E-state index is 0.853. The molecule has 1 rings (SSSR count). The molecule has 0 saturated carbocycles. The van der Waals surface area contributed by atoms with Crippen LogP contribution in [-0.4, -0.2) is 24.5 Å². The van der Waals surface area contributed by atoms with Gasteiger partial charge < -0.3 is 4.90 Å². The van der Waals surface area contributed by atoms with Crippen molar-refractivity contribution in [2.24, 2.45) is 11.8 Å². The van der Waals surface area contributed by atoms with Gasteiger partial charge in [0.25, 0.3) is 0 Å². The molecule has 1 fully saturated rings. The predicted octanol–water partition coefficient (Wildman–Crippen LogP) is 2.76. The maximum atomic E-state index is 2.53. The number of hydrogen-bond donors (Lipinski definition) is 0. The Morgan fingerprint density at radius 1 is 1.42 bits per heavy atom. The number of piperidine rings is 1. The van der Waals surface area contributed by atoms with Gasteiger partial charge in [-0.15, -0.1) is 0 Å². The summed E-state index contributed by atoms with van der Waals surface area (Å²) >= 11 is 0. The van der Waals surface area contributed by atoms with Crippen LogP contribution in [0.25, 0.3) is 0 Å². The Morgan fingerprint density at radius 2 is 2.08 bits per heavy atom. The zero-order chi connectivity index (χ0) is 9.14. The van der Waals surface area contributed by atoms with Crippen LogP contribution < -0.4 is 0 Å². The van der Waals surface area contributed by atoms with Gasteiger partial charge in [0.1, 0.15) is 0 Å². The Morgan fingerprint density at radius 3 is 2.58 bits per heavy atom. The van der Waals surface area contributed by atoms with Crippen LogP contribution in [0.15, 0.2) is 0 Å². The van der Waals surface area contributed by atoms with Crippen LogP contribution in [0.3, 0.4) is 0 Å². The minimum atomic E-state index is 0.853. The number of nitrogens with zero attached hydrogens (tertiary/aromatic N) is 1. The highest BCUT2D eigenvalue weighted by molar-refractivity contribution is 4.80. The van der Waals surface area contributed by atoms with E-state index in [2.05, 4.69) is 32.7 Å². The van der Waals surface area contributed by atoms with Gasteiger partial charge in [0.05, 0.1) is 0 Å². The van der Waals surface area contributed by atoms with E-state index in [1.807, 2.05) is 0 Å². The van der Waals surface area contributed by atoms with Crippen LogP contribution in [0.4, 0.5) is 0 Å². The van der Waals surface area contributed by atoms with Crippen molar-refractivity contribution in [3.63, 3.8) is 0 Å². The normalized spacial score (nSPS) is 32.8. The average Bonchev–Trinajstić information content (AvgIpc) is 2.05. The Balaban J connectivity index is 2.44. The van der Waals surface area contributed by atoms with Gasteiger partial charge in [-0.25, -0.2) is 0 Å². The molecule has 0 N–H and O–H groups in total. The summed E-state index contributed by atoms with van der Waals surface area (Å²) in [7, 11) is 2.27. The Labute approximate surface area is 77.1 Å². The van der Waals surface area contributed by atoms with E-state index >= 15 is 0 Å². The first kappa shape index (κ1) is 10.0. The number of likely N-dealkylation sites (tertiary alicyclic amines) is 1. The first-order valence-corrected chi connectivity index (χ1v) is 5.35. The van der Waals surface area contributed by atoms with Crippen LogP contribution in [0.1, 0.15) is 40.0 Å². The molecule has 0 aromatic heterocycles. The predicted molar refractivity (Wildman–Crippen MR) is 54.3 cm³/mol. The van der Waals surface area contributed by atoms with Crippen LogP contribution in [0.2, 0.25) is 0 Å². The average molecular weight is 169 g/mol. The van der Waals surface area contributed by atoms with E-state index in [-0.39, 0.29) is 0 Å². The standard InChI is InChI=1S/C11H23N/c1-5-11-8-10(9(2)3)6-7-12(11)4/h9-11H,5-8H2,1-4H3/t10-,11+/m1/s1. The number of rotatable bonds is 2. The Bertz CT molecular complexity index is 131. The van der Waals surface area contributed by atoms with E-state index in [0.29, 0.717) is 0 Å². The second kappa shape index (κ2) is 4.27. The zero-order valence-corrected chi connectivity index (χ0v) is 9.01. The number of hydrogen-bond acceptors (Lipinski definition) is 1. The molecule has 0 spiro atoms. The summed E-state index contributed by atoms with van der Waals surface area (Å²) in [6, 6.07) is 0.853. The van der Waals surface area contributed by atoms with E-state index in [9.17, 15) is 0 Å². The summed E-state index contributed by atoms with van der Waals surface area (Å²) in [4.78, 5) is 2.53. The molecule has 72 valence electrons. The second-order valence-corrected chi connectivity index (χ2v) is 4.57. The van der Waals surface area contributed by atoms with Crippen molar-refractivity contribution in [3.8, 4) is 0 Å². The highest BCUT2D eigenvalue weighted by atomic mass is 15.1. The van der Waals surface area contributed by atoms with Gasteiger partial charge >= 0.3 is 0 Å². The van der Waals surface area contributed by atoms with Crippen LogP contribution in [-0.2, 0) is 0 Å². The highest BCUT2D eigenvalue weighted by Crippen LogP contribution is 2.28. The van der Waals surface area contributed by atoms with E-state index in [1.165, 1.54) is 25.8 Å². The third-order valence-electron chi connectivity index (χ3n) is 3.46. The molecule has 0 radical (unpaired) electrons. The molecule has 0 aromatic carbocycles. The molecule has 1 aliphatic rings. The lowest BCUT2D eigenvalue weighted by Crippen LogP contribution is -2.40. The van der Waals surface area contributed by atoms with Gasteiger partial charge in [-0.3, -0.25) is 0 Å². The first-order chi connectivity index (χ1) is 5.65. The molecule has 1 saturated heterocycles. The molecule has 1 nitrogen and oxygen atoms in total. The smallest absolute Gasteiger partial charge is 0.00923 e. The largest absolute Gasteiger partial charge is 0.303 e. The topological polar surface area (TPSA) is 3.24 Å². The van der Waals surface area contributed by atoms with Crippen molar-refractivity contribution in [1.29, 1.82) is 0 Å². The molecule has 0 aliphatic carbocycles. The third kappa shape index (κ3) is 2.22. The van der Waals surface area contributed by atoms with E-state index in [0.717, 1.165) is 17.9 Å². The van der Waals surface area contributed by atoms with Crippen molar-refractivity contribution in [2.75, 3.05) is 13.6 Å². The lowest BCUT2D eigenvalue weighted by Gasteiger charge is -2.38. The molecular weight excluding hydrogens is 146 g/mol. The van der Waals surface area contributed by atoms with Crippen molar-refractivity contribution < 1.29 is 0 Å². The summed E-state index contributed by atoms with van der Waals surface area (Å²) in [5.41, 5.74) is 0. The van der Waals surface area contributed by atoms with Gasteiger partial charge in [-0.2, -0.15) is 0 Å². The van der Waals surface area contributed by atoms with Crippen molar-refractivity contribution in [2.45, 2.75) is 46.1 Å². The third-order valence-corrected chi connectivity index (χ3v) is 3.46. The fraction of sp³-hybridized carbons (Fsp3) is 1.00. The quantitative estimate of drug-likeness (QED) is 0.614. The molecular formula is C11H23N. The molecule has 0 bridgehead atoms. The molecule has 0 unspecified atom stereocenters. The van der Waals surface area contributed by atoms with Crippen LogP contribution in [0.5, 0.6) is 0 Å². The van der Waals surface area contributed by atoms with Gasteiger partial charge in [0.2, 0.25) is 0 Å². The second-order valence-electron chi connectivity index (χ2n) is 4.57. The lowest BCUT2D eigenvalue weighted by molar-refractivity contribution is 0.115. The van der Waals surface area contributed by atoms with Gasteiger partial charge in [0.15, 0.2) is 0 Å². The summed E-state index contributed by atoms with van der Waals surface area (Å²) in [6.07, 6.45) is 4.15. The monoisotopic (exact) mass is 169 g/mol. The van der Waals surface area contributed by atoms with Gasteiger partial charge in [-0.05, 0) is 44.7 Å². The summed E-state index contributed by atoms with van der Waals surface area (Å²) in [6.45, 7) is 8.34. The Kier molecular flexibility index (Phi) is 3.57. The van der Waals surface area contributed by atoms with Crippen LogP contribution >= 0.6 is 0 Å². The summed E-state index contributed by atoms with van der Waals surface area (Å²) in [5, 5.41) is 0. The van der Waals surface area contributed by atoms with Crippen molar-refractivity contribution >= 4 is 0 Å². The van der Waals surface area contributed by atoms with Crippen LogP contribution in [0, 0.1) is 11.8 Å². The molecule has 1 heterocycles. The summed E-state index contributed by atoms with van der Waals surface area (Å²) < 4.78 is 0. The molecule has 1 heteroatoms. The minimum Gasteiger partial charge on any atom is -0.303 e. The fourth-order valence-corrected chi connectivity index (χ4v) is 2.28.